The largest absolute Gasteiger partial charge is 0.484 e. The van der Waals surface area contributed by atoms with Gasteiger partial charge in [-0.15, -0.1) is 0 Å². The van der Waals surface area contributed by atoms with Crippen molar-refractivity contribution in [2.24, 2.45) is 5.10 Å². The summed E-state index contributed by atoms with van der Waals surface area (Å²) in [5, 5.41) is 3.80. The van der Waals surface area contributed by atoms with E-state index in [9.17, 15) is 13.2 Å². The molecule has 1 heterocycles. The van der Waals surface area contributed by atoms with E-state index in [2.05, 4.69) is 9.93 Å². The summed E-state index contributed by atoms with van der Waals surface area (Å²) in [6.45, 7) is 4.10. The van der Waals surface area contributed by atoms with Crippen LogP contribution >= 0.6 is 0 Å². The average Bonchev–Trinajstić information content (AvgIpc) is 2.74. The van der Waals surface area contributed by atoms with Crippen molar-refractivity contribution < 1.29 is 22.7 Å². The molecule has 2 aromatic rings. The van der Waals surface area contributed by atoms with Gasteiger partial charge in [-0.25, -0.2) is 4.83 Å². The topological polar surface area (TPSA) is 97.3 Å². The molecule has 0 atom stereocenters. The maximum atomic E-state index is 12.2. The van der Waals surface area contributed by atoms with Crippen LogP contribution in [-0.2, 0) is 19.6 Å². The maximum absolute atomic E-state index is 12.2. The molecule has 0 spiro atoms. The molecule has 2 aromatic carbocycles. The Labute approximate surface area is 170 Å². The number of hydrogen-bond acceptors (Lipinski definition) is 6. The van der Waals surface area contributed by atoms with Crippen LogP contribution in [0.25, 0.3) is 0 Å². The van der Waals surface area contributed by atoms with Crippen molar-refractivity contribution in [1.82, 2.24) is 9.73 Å². The molecule has 154 valence electrons. The van der Waals surface area contributed by atoms with Crippen molar-refractivity contribution >= 4 is 22.1 Å². The van der Waals surface area contributed by atoms with E-state index in [1.165, 1.54) is 18.3 Å². The highest BCUT2D eigenvalue weighted by atomic mass is 32.2. The highest BCUT2D eigenvalue weighted by Crippen LogP contribution is 2.12. The van der Waals surface area contributed by atoms with E-state index in [1.54, 1.807) is 41.3 Å². The van der Waals surface area contributed by atoms with Crippen molar-refractivity contribution in [3.63, 3.8) is 0 Å². The standard InChI is InChI=1S/C20H23N3O5S/c1-16-2-8-19(9-3-16)29(25,26)22-21-14-17-4-6-18(7-5-17)28-15-20(24)23-10-12-27-13-11-23/h2-9,14,22H,10-13,15H2,1H3/b21-14-. The fourth-order valence-electron chi connectivity index (χ4n) is 2.64. The number of hydrazone groups is 1. The van der Waals surface area contributed by atoms with Gasteiger partial charge < -0.3 is 14.4 Å². The summed E-state index contributed by atoms with van der Waals surface area (Å²) in [6, 6.07) is 13.3. The minimum absolute atomic E-state index is 0.0379. The Balaban J connectivity index is 1.50. The lowest BCUT2D eigenvalue weighted by molar-refractivity contribution is -0.137. The summed E-state index contributed by atoms with van der Waals surface area (Å²) in [5.41, 5.74) is 1.66. The van der Waals surface area contributed by atoms with Crippen LogP contribution in [0.5, 0.6) is 5.75 Å². The van der Waals surface area contributed by atoms with Gasteiger partial charge in [0.1, 0.15) is 5.75 Å². The van der Waals surface area contributed by atoms with Crippen LogP contribution < -0.4 is 9.57 Å². The average molecular weight is 417 g/mol. The summed E-state index contributed by atoms with van der Waals surface area (Å²) >= 11 is 0. The summed E-state index contributed by atoms with van der Waals surface area (Å²) in [7, 11) is -3.71. The number of morpholine rings is 1. The van der Waals surface area contributed by atoms with E-state index in [4.69, 9.17) is 9.47 Å². The zero-order valence-corrected chi connectivity index (χ0v) is 16.9. The first-order chi connectivity index (χ1) is 13.9. The Morgan fingerprint density at radius 2 is 1.79 bits per heavy atom. The van der Waals surface area contributed by atoms with Gasteiger partial charge in [0.15, 0.2) is 6.61 Å². The zero-order valence-electron chi connectivity index (χ0n) is 16.1. The Morgan fingerprint density at radius 3 is 2.45 bits per heavy atom. The van der Waals surface area contributed by atoms with Crippen LogP contribution in [-0.4, -0.2) is 58.3 Å². The van der Waals surface area contributed by atoms with E-state index < -0.39 is 10.0 Å². The highest BCUT2D eigenvalue weighted by Gasteiger charge is 2.17. The number of nitrogens with zero attached hydrogens (tertiary/aromatic N) is 2. The van der Waals surface area contributed by atoms with Crippen molar-refractivity contribution in [3.05, 3.63) is 59.7 Å². The Bertz CT molecular complexity index is 951. The smallest absolute Gasteiger partial charge is 0.276 e. The van der Waals surface area contributed by atoms with Gasteiger partial charge in [-0.2, -0.15) is 13.5 Å². The molecular weight excluding hydrogens is 394 g/mol. The molecule has 1 aliphatic rings. The molecule has 1 amide bonds. The second kappa shape index (κ2) is 9.53. The molecule has 0 aromatic heterocycles. The van der Waals surface area contributed by atoms with Crippen molar-refractivity contribution in [2.75, 3.05) is 32.9 Å². The van der Waals surface area contributed by atoms with E-state index >= 15 is 0 Å². The third kappa shape index (κ3) is 6.03. The lowest BCUT2D eigenvalue weighted by Gasteiger charge is -2.26. The number of amides is 1. The molecule has 1 saturated heterocycles. The molecule has 1 aliphatic heterocycles. The number of nitrogens with one attached hydrogen (secondary N) is 1. The Kier molecular flexibility index (Phi) is 6.84. The van der Waals surface area contributed by atoms with E-state index in [0.717, 1.165) is 5.56 Å². The molecule has 3 rings (SSSR count). The number of rotatable bonds is 7. The summed E-state index contributed by atoms with van der Waals surface area (Å²) in [4.78, 5) is 16.1. The van der Waals surface area contributed by atoms with E-state index in [-0.39, 0.29) is 17.4 Å². The number of carbonyl (C=O) groups excluding carboxylic acids is 1. The predicted octanol–water partition coefficient (Wildman–Crippen LogP) is 1.55. The second-order valence-electron chi connectivity index (χ2n) is 6.52. The molecule has 1 fully saturated rings. The molecular formula is C20H23N3O5S. The first kappa shape index (κ1) is 20.8. The molecule has 0 unspecified atom stereocenters. The number of benzene rings is 2. The molecule has 8 nitrogen and oxygen atoms in total. The van der Waals surface area contributed by atoms with Crippen LogP contribution in [0, 0.1) is 6.92 Å². The number of carbonyl (C=O) groups is 1. The number of sulfonamides is 1. The summed E-state index contributed by atoms with van der Waals surface area (Å²) < 4.78 is 35.1. The van der Waals surface area contributed by atoms with Gasteiger partial charge in [0.25, 0.3) is 15.9 Å². The maximum Gasteiger partial charge on any atom is 0.276 e. The van der Waals surface area contributed by atoms with Crippen LogP contribution in [0.3, 0.4) is 0 Å². The predicted molar refractivity (Wildman–Crippen MR) is 108 cm³/mol. The number of hydrogen-bond donors (Lipinski definition) is 1. The Hall–Kier alpha value is -2.91. The van der Waals surface area contributed by atoms with Gasteiger partial charge in [-0.05, 0) is 48.9 Å². The van der Waals surface area contributed by atoms with Crippen molar-refractivity contribution in [2.45, 2.75) is 11.8 Å². The van der Waals surface area contributed by atoms with Crippen LogP contribution in [0.4, 0.5) is 0 Å². The molecule has 29 heavy (non-hydrogen) atoms. The molecule has 9 heteroatoms. The van der Waals surface area contributed by atoms with Crippen molar-refractivity contribution in [1.29, 1.82) is 0 Å². The summed E-state index contributed by atoms with van der Waals surface area (Å²) in [6.07, 6.45) is 1.40. The van der Waals surface area contributed by atoms with Gasteiger partial charge in [0, 0.05) is 13.1 Å². The van der Waals surface area contributed by atoms with Crippen molar-refractivity contribution in [3.8, 4) is 5.75 Å². The normalized spacial score (nSPS) is 14.7. The molecule has 1 N–H and O–H groups in total. The lowest BCUT2D eigenvalue weighted by Crippen LogP contribution is -2.42. The van der Waals surface area contributed by atoms with E-state index in [1.807, 2.05) is 6.92 Å². The van der Waals surface area contributed by atoms with Crippen LogP contribution in [0.15, 0.2) is 58.5 Å². The fourth-order valence-corrected chi connectivity index (χ4v) is 3.43. The first-order valence-corrected chi connectivity index (χ1v) is 10.6. The number of ether oxygens (including phenoxy) is 2. The van der Waals surface area contributed by atoms with Gasteiger partial charge in [0.05, 0.1) is 24.3 Å². The first-order valence-electron chi connectivity index (χ1n) is 9.14. The van der Waals surface area contributed by atoms with E-state index in [0.29, 0.717) is 37.6 Å². The molecule has 0 bridgehead atoms. The highest BCUT2D eigenvalue weighted by molar-refractivity contribution is 7.89. The van der Waals surface area contributed by atoms with Crippen LogP contribution in [0.1, 0.15) is 11.1 Å². The van der Waals surface area contributed by atoms with Gasteiger partial charge >= 0.3 is 0 Å². The minimum atomic E-state index is -3.71. The number of aryl methyl sites for hydroxylation is 1. The molecule has 0 radical (unpaired) electrons. The SMILES string of the molecule is Cc1ccc(S(=O)(=O)N/N=C\c2ccc(OCC(=O)N3CCOCC3)cc2)cc1. The van der Waals surface area contributed by atoms with Gasteiger partial charge in [-0.1, -0.05) is 17.7 Å². The summed E-state index contributed by atoms with van der Waals surface area (Å²) in [5.74, 6) is 0.466. The van der Waals surface area contributed by atoms with Gasteiger partial charge in [0.2, 0.25) is 0 Å². The molecule has 0 aliphatic carbocycles. The van der Waals surface area contributed by atoms with Gasteiger partial charge in [-0.3, -0.25) is 4.79 Å². The molecule has 0 saturated carbocycles. The third-order valence-corrected chi connectivity index (χ3v) is 5.56. The second-order valence-corrected chi connectivity index (χ2v) is 8.18. The zero-order chi connectivity index (χ0) is 20.7. The minimum Gasteiger partial charge on any atom is -0.484 e. The Morgan fingerprint density at radius 1 is 1.14 bits per heavy atom. The quantitative estimate of drug-likeness (QED) is 0.545. The third-order valence-electron chi connectivity index (χ3n) is 4.32. The monoisotopic (exact) mass is 417 g/mol. The lowest BCUT2D eigenvalue weighted by atomic mass is 10.2. The van der Waals surface area contributed by atoms with Crippen LogP contribution in [0.2, 0.25) is 0 Å². The fraction of sp³-hybridized carbons (Fsp3) is 0.300.